The molecular formula is C21H35ClF2N2O2. The van der Waals surface area contributed by atoms with Gasteiger partial charge in [-0.05, 0) is 31.4 Å². The third-order valence-corrected chi connectivity index (χ3v) is 4.24. The highest BCUT2D eigenvalue weighted by Crippen LogP contribution is 2.29. The van der Waals surface area contributed by atoms with Gasteiger partial charge in [-0.3, -0.25) is 4.79 Å². The predicted octanol–water partition coefficient (Wildman–Crippen LogP) is 5.01. The summed E-state index contributed by atoms with van der Waals surface area (Å²) in [6.45, 7) is 7.27. The van der Waals surface area contributed by atoms with E-state index in [-0.39, 0.29) is 30.4 Å². The lowest BCUT2D eigenvalue weighted by atomic mass is 10.1. The number of hydrogen-bond acceptors (Lipinski definition) is 3. The van der Waals surface area contributed by atoms with E-state index < -0.39 is 12.5 Å². The highest BCUT2D eigenvalue weighted by molar-refractivity contribution is 5.85. The summed E-state index contributed by atoms with van der Waals surface area (Å²) in [5, 5.41) is 2.62. The van der Waals surface area contributed by atoms with Gasteiger partial charge in [-0.2, -0.15) is 8.78 Å². The molecule has 0 saturated carbocycles. The Bertz CT molecular complexity index is 553. The molecule has 1 amide bonds. The second-order valence-corrected chi connectivity index (χ2v) is 6.77. The molecule has 4 nitrogen and oxygen atoms in total. The number of unbranched alkanes of at least 4 members (excludes halogenated alkanes) is 2. The van der Waals surface area contributed by atoms with Crippen LogP contribution in [0.2, 0.25) is 0 Å². The minimum Gasteiger partial charge on any atom is -0.494 e. The molecule has 0 spiro atoms. The fourth-order valence-electron chi connectivity index (χ4n) is 2.80. The molecule has 0 aliphatic carbocycles. The van der Waals surface area contributed by atoms with E-state index in [0.717, 1.165) is 32.1 Å². The van der Waals surface area contributed by atoms with Crippen LogP contribution in [0.1, 0.15) is 58.4 Å². The maximum atomic E-state index is 14.5. The minimum absolute atomic E-state index is 0. The van der Waals surface area contributed by atoms with Crippen LogP contribution in [0.5, 0.6) is 5.75 Å². The smallest absolute Gasteiger partial charge is 0.285 e. The molecule has 7 heteroatoms. The Morgan fingerprint density at radius 1 is 1.11 bits per heavy atom. The van der Waals surface area contributed by atoms with Crippen LogP contribution in [0.25, 0.3) is 0 Å². The van der Waals surface area contributed by atoms with Gasteiger partial charge in [-0.25, -0.2) is 0 Å². The van der Waals surface area contributed by atoms with Crippen molar-refractivity contribution in [1.29, 1.82) is 0 Å². The van der Waals surface area contributed by atoms with Crippen LogP contribution in [0, 0.1) is 0 Å². The van der Waals surface area contributed by atoms with E-state index in [0.29, 0.717) is 25.4 Å². The third-order valence-electron chi connectivity index (χ3n) is 4.24. The molecule has 162 valence electrons. The average Bonchev–Trinajstić information content (AvgIpc) is 2.65. The molecule has 0 radical (unpaired) electrons. The molecule has 0 fully saturated rings. The van der Waals surface area contributed by atoms with E-state index in [4.69, 9.17) is 4.74 Å². The molecule has 1 aromatic carbocycles. The number of carbonyl (C=O) groups is 1. The summed E-state index contributed by atoms with van der Waals surface area (Å²) in [5.74, 6) is -2.75. The Hall–Kier alpha value is -1.40. The standard InChI is InChI=1S/C21H34F2N2O2.ClH/c1-4-7-8-14-27-19-11-9-10-18(15-19)21(22,23)17-24-16-20(26)25(12-5-2)13-6-3;/h9-11,15,24H,4-8,12-14,16-17H2,1-3H3;1H. The van der Waals surface area contributed by atoms with Crippen molar-refractivity contribution in [3.05, 3.63) is 29.8 Å². The zero-order valence-corrected chi connectivity index (χ0v) is 18.1. The molecule has 28 heavy (non-hydrogen) atoms. The number of hydrogen-bond donors (Lipinski definition) is 1. The number of ether oxygens (including phenoxy) is 1. The maximum absolute atomic E-state index is 14.5. The molecule has 0 atom stereocenters. The van der Waals surface area contributed by atoms with Crippen LogP contribution in [0.4, 0.5) is 8.78 Å². The summed E-state index contributed by atoms with van der Waals surface area (Å²) in [6.07, 6.45) is 4.76. The highest BCUT2D eigenvalue weighted by Gasteiger charge is 2.31. The SMILES string of the molecule is CCCCCOc1cccc(C(F)(F)CNCC(=O)N(CCC)CCC)c1.Cl. The van der Waals surface area contributed by atoms with Crippen molar-refractivity contribution >= 4 is 18.3 Å². The molecular weight excluding hydrogens is 386 g/mol. The Balaban J connectivity index is 0.00000729. The van der Waals surface area contributed by atoms with E-state index in [9.17, 15) is 13.6 Å². The van der Waals surface area contributed by atoms with Crippen LogP contribution in [-0.2, 0) is 10.7 Å². The van der Waals surface area contributed by atoms with E-state index in [1.165, 1.54) is 12.1 Å². The largest absolute Gasteiger partial charge is 0.494 e. The van der Waals surface area contributed by atoms with Gasteiger partial charge in [0.15, 0.2) is 0 Å². The summed E-state index contributed by atoms with van der Waals surface area (Å²) in [7, 11) is 0. The molecule has 0 unspecified atom stereocenters. The molecule has 0 heterocycles. The Morgan fingerprint density at radius 3 is 2.39 bits per heavy atom. The van der Waals surface area contributed by atoms with Gasteiger partial charge in [0.1, 0.15) is 5.75 Å². The van der Waals surface area contributed by atoms with Gasteiger partial charge >= 0.3 is 0 Å². The second kappa shape index (κ2) is 14.6. The molecule has 0 aliphatic rings. The number of benzene rings is 1. The number of alkyl halides is 2. The maximum Gasteiger partial charge on any atom is 0.285 e. The monoisotopic (exact) mass is 420 g/mol. The summed E-state index contributed by atoms with van der Waals surface area (Å²) in [4.78, 5) is 13.9. The van der Waals surface area contributed by atoms with Gasteiger partial charge in [0.25, 0.3) is 5.92 Å². The van der Waals surface area contributed by atoms with Crippen molar-refractivity contribution in [2.24, 2.45) is 0 Å². The summed E-state index contributed by atoms with van der Waals surface area (Å²) >= 11 is 0. The first kappa shape index (κ1) is 26.6. The van der Waals surface area contributed by atoms with Crippen molar-refractivity contribution in [2.75, 3.05) is 32.8 Å². The summed E-state index contributed by atoms with van der Waals surface area (Å²) < 4.78 is 34.5. The summed E-state index contributed by atoms with van der Waals surface area (Å²) in [6, 6.07) is 6.04. The lowest BCUT2D eigenvalue weighted by Crippen LogP contribution is -2.41. The quantitative estimate of drug-likeness (QED) is 0.430. The molecule has 1 rings (SSSR count). The van der Waals surface area contributed by atoms with Crippen LogP contribution in [0.3, 0.4) is 0 Å². The number of rotatable bonds is 14. The third kappa shape index (κ3) is 9.69. The minimum atomic E-state index is -3.07. The van der Waals surface area contributed by atoms with Crippen molar-refractivity contribution in [1.82, 2.24) is 10.2 Å². The van der Waals surface area contributed by atoms with Gasteiger partial charge < -0.3 is 15.0 Å². The first-order valence-corrected chi connectivity index (χ1v) is 10.0. The summed E-state index contributed by atoms with van der Waals surface area (Å²) in [5.41, 5.74) is -0.102. The Kier molecular flexibility index (Phi) is 13.8. The average molecular weight is 421 g/mol. The molecule has 1 aromatic rings. The van der Waals surface area contributed by atoms with E-state index in [2.05, 4.69) is 12.2 Å². The molecule has 0 saturated heterocycles. The van der Waals surface area contributed by atoms with E-state index >= 15 is 0 Å². The fraction of sp³-hybridized carbons (Fsp3) is 0.667. The van der Waals surface area contributed by atoms with Crippen molar-refractivity contribution in [3.63, 3.8) is 0 Å². The molecule has 1 N–H and O–H groups in total. The van der Waals surface area contributed by atoms with E-state index in [1.54, 1.807) is 17.0 Å². The van der Waals surface area contributed by atoms with Gasteiger partial charge in [-0.15, -0.1) is 12.4 Å². The van der Waals surface area contributed by atoms with Gasteiger partial charge in [0, 0.05) is 18.7 Å². The first-order chi connectivity index (χ1) is 12.9. The number of nitrogens with one attached hydrogen (secondary N) is 1. The molecule has 0 aromatic heterocycles. The Morgan fingerprint density at radius 2 is 1.79 bits per heavy atom. The van der Waals surface area contributed by atoms with Crippen LogP contribution < -0.4 is 10.1 Å². The molecule has 0 bridgehead atoms. The lowest BCUT2D eigenvalue weighted by Gasteiger charge is -2.23. The van der Waals surface area contributed by atoms with Gasteiger partial charge in [0.2, 0.25) is 5.91 Å². The lowest BCUT2D eigenvalue weighted by molar-refractivity contribution is -0.130. The zero-order valence-electron chi connectivity index (χ0n) is 17.3. The van der Waals surface area contributed by atoms with Crippen LogP contribution >= 0.6 is 12.4 Å². The highest BCUT2D eigenvalue weighted by atomic mass is 35.5. The second-order valence-electron chi connectivity index (χ2n) is 6.77. The van der Waals surface area contributed by atoms with Crippen LogP contribution in [0.15, 0.2) is 24.3 Å². The topological polar surface area (TPSA) is 41.6 Å². The molecule has 0 aliphatic heterocycles. The van der Waals surface area contributed by atoms with Gasteiger partial charge in [0.05, 0.1) is 19.7 Å². The van der Waals surface area contributed by atoms with Crippen molar-refractivity contribution in [3.8, 4) is 5.75 Å². The number of amides is 1. The van der Waals surface area contributed by atoms with Crippen LogP contribution in [-0.4, -0.2) is 43.6 Å². The van der Waals surface area contributed by atoms with Crippen molar-refractivity contribution in [2.45, 2.75) is 58.8 Å². The first-order valence-electron chi connectivity index (χ1n) is 10.0. The fourth-order valence-corrected chi connectivity index (χ4v) is 2.80. The zero-order chi connectivity index (χ0) is 20.1. The number of halogens is 3. The van der Waals surface area contributed by atoms with Crippen molar-refractivity contribution < 1.29 is 18.3 Å². The normalized spacial score (nSPS) is 11.0. The van der Waals surface area contributed by atoms with E-state index in [1.807, 2.05) is 13.8 Å². The number of nitrogens with zero attached hydrogens (tertiary/aromatic N) is 1. The predicted molar refractivity (Wildman–Crippen MR) is 113 cm³/mol. The number of carbonyl (C=O) groups excluding carboxylic acids is 1. The Labute approximate surface area is 174 Å². The van der Waals surface area contributed by atoms with Gasteiger partial charge in [-0.1, -0.05) is 45.7 Å².